The lowest BCUT2D eigenvalue weighted by molar-refractivity contribution is -0.136. The van der Waals surface area contributed by atoms with Crippen LogP contribution in [-0.4, -0.2) is 59.4 Å². The third-order valence-electron chi connectivity index (χ3n) is 5.11. The number of hydrogen-bond donors (Lipinski definition) is 4. The average Bonchev–Trinajstić information content (AvgIpc) is 2.84. The van der Waals surface area contributed by atoms with Crippen LogP contribution in [0.1, 0.15) is 12.5 Å². The molecule has 0 unspecified atom stereocenters. The molecule has 35 heavy (non-hydrogen) atoms. The molecule has 0 saturated carbocycles. The summed E-state index contributed by atoms with van der Waals surface area (Å²) in [6.45, 7) is 1.64. The summed E-state index contributed by atoms with van der Waals surface area (Å²) in [5.74, 6) is -0.594. The Kier molecular flexibility index (Phi) is 9.74. The van der Waals surface area contributed by atoms with Gasteiger partial charge in [-0.2, -0.15) is 0 Å². The number of aliphatic hydroxyl groups excluding tert-OH is 1. The molecule has 0 spiro atoms. The second-order valence-corrected chi connectivity index (χ2v) is 8.04. The highest BCUT2D eigenvalue weighted by molar-refractivity contribution is 6.31. The van der Waals surface area contributed by atoms with Gasteiger partial charge in [0, 0.05) is 38.1 Å². The van der Waals surface area contributed by atoms with Gasteiger partial charge < -0.3 is 15.2 Å². The fraction of sp³-hybridized carbons (Fsp3) is 0.292. The molecule has 0 aliphatic rings. The first kappa shape index (κ1) is 26.3. The van der Waals surface area contributed by atoms with E-state index < -0.39 is 18.0 Å². The maximum atomic E-state index is 13.8. The van der Waals surface area contributed by atoms with E-state index in [-0.39, 0.29) is 43.8 Å². The molecule has 2 aromatic carbocycles. The number of anilines is 1. The molecule has 9 nitrogen and oxygen atoms in total. The largest absolute Gasteiger partial charge is 0.447 e. The molecule has 0 aliphatic carbocycles. The first-order valence-corrected chi connectivity index (χ1v) is 11.3. The van der Waals surface area contributed by atoms with Gasteiger partial charge >= 0.3 is 6.09 Å². The molecule has 0 bridgehead atoms. The monoisotopic (exact) mass is 503 g/mol. The molecule has 0 radical (unpaired) electrons. The minimum atomic E-state index is -0.739. The van der Waals surface area contributed by atoms with Crippen LogP contribution < -0.4 is 16.1 Å². The maximum Gasteiger partial charge on any atom is 0.412 e. The van der Waals surface area contributed by atoms with Crippen LogP contribution in [0.3, 0.4) is 0 Å². The Balaban J connectivity index is 1.65. The number of halogens is 2. The average molecular weight is 504 g/mol. The van der Waals surface area contributed by atoms with Crippen molar-refractivity contribution in [3.8, 4) is 0 Å². The van der Waals surface area contributed by atoms with Crippen molar-refractivity contribution < 1.29 is 23.8 Å². The Morgan fingerprint density at radius 3 is 2.71 bits per heavy atom. The predicted molar refractivity (Wildman–Crippen MR) is 131 cm³/mol. The minimum Gasteiger partial charge on any atom is -0.447 e. The lowest BCUT2D eigenvalue weighted by Gasteiger charge is -2.31. The van der Waals surface area contributed by atoms with Crippen molar-refractivity contribution in [2.75, 3.05) is 31.6 Å². The van der Waals surface area contributed by atoms with Gasteiger partial charge in [-0.05, 0) is 23.1 Å². The Labute approximate surface area is 207 Å². The SMILES string of the molecule is CC(=O)N(NCc1cccc(F)c1Cl)[C@@H](CNCCO)COC(=O)Nc1cc2ccccc2cn1. The third kappa shape index (κ3) is 7.59. The van der Waals surface area contributed by atoms with E-state index in [2.05, 4.69) is 21.0 Å². The standard InChI is InChI=1S/C24H27ClFN5O4/c1-16(33)31(29-13-19-7-4-8-21(26)23(19)25)20(14-27-9-10-32)15-35-24(34)30-22-11-17-5-2-3-6-18(17)12-28-22/h2-8,11-12,20,27,29,32H,9-10,13-15H2,1H3,(H,28,30,34)/t20-/m0/s1. The number of hydrazine groups is 1. The molecule has 0 saturated heterocycles. The number of ether oxygens (including phenoxy) is 1. The Hall–Kier alpha value is -3.31. The fourth-order valence-electron chi connectivity index (χ4n) is 3.39. The zero-order valence-corrected chi connectivity index (χ0v) is 19.9. The molecule has 0 fully saturated rings. The number of carbonyl (C=O) groups excluding carboxylic acids is 2. The van der Waals surface area contributed by atoms with Crippen molar-refractivity contribution in [2.45, 2.75) is 19.5 Å². The van der Waals surface area contributed by atoms with Crippen molar-refractivity contribution in [3.63, 3.8) is 0 Å². The molecule has 2 amide bonds. The molecule has 1 atom stereocenters. The zero-order chi connectivity index (χ0) is 25.2. The number of fused-ring (bicyclic) bond motifs is 1. The lowest BCUT2D eigenvalue weighted by Crippen LogP contribution is -2.54. The molecular weight excluding hydrogens is 477 g/mol. The van der Waals surface area contributed by atoms with Gasteiger partial charge in [-0.25, -0.2) is 19.6 Å². The fourth-order valence-corrected chi connectivity index (χ4v) is 3.58. The minimum absolute atomic E-state index is 0.0445. The van der Waals surface area contributed by atoms with E-state index in [1.807, 2.05) is 24.3 Å². The summed E-state index contributed by atoms with van der Waals surface area (Å²) in [4.78, 5) is 29.0. The molecule has 1 aromatic heterocycles. The molecule has 0 aliphatic heterocycles. The Bertz CT molecular complexity index is 1170. The normalized spacial score (nSPS) is 11.8. The lowest BCUT2D eigenvalue weighted by atomic mass is 10.2. The van der Waals surface area contributed by atoms with Gasteiger partial charge in [0.2, 0.25) is 5.91 Å². The second-order valence-electron chi connectivity index (χ2n) is 7.66. The number of nitrogens with zero attached hydrogens (tertiary/aromatic N) is 2. The number of aromatic nitrogens is 1. The number of rotatable bonds is 11. The second kappa shape index (κ2) is 13.0. The van der Waals surface area contributed by atoms with Crippen LogP contribution in [0.5, 0.6) is 0 Å². The molecule has 3 aromatic rings. The third-order valence-corrected chi connectivity index (χ3v) is 5.54. The smallest absolute Gasteiger partial charge is 0.412 e. The highest BCUT2D eigenvalue weighted by Gasteiger charge is 2.23. The molecule has 11 heteroatoms. The number of nitrogens with one attached hydrogen (secondary N) is 3. The van der Waals surface area contributed by atoms with Crippen molar-refractivity contribution in [2.24, 2.45) is 0 Å². The van der Waals surface area contributed by atoms with E-state index in [0.717, 1.165) is 10.8 Å². The molecule has 186 valence electrons. The van der Waals surface area contributed by atoms with Gasteiger partial charge in [0.25, 0.3) is 0 Å². The van der Waals surface area contributed by atoms with Crippen molar-refractivity contribution in [1.82, 2.24) is 20.7 Å². The first-order valence-electron chi connectivity index (χ1n) is 11.0. The highest BCUT2D eigenvalue weighted by Crippen LogP contribution is 2.20. The summed E-state index contributed by atoms with van der Waals surface area (Å²) in [6.07, 6.45) is 0.905. The number of amides is 2. The topological polar surface area (TPSA) is 116 Å². The summed E-state index contributed by atoms with van der Waals surface area (Å²) < 4.78 is 19.1. The van der Waals surface area contributed by atoms with E-state index in [1.165, 1.54) is 24.1 Å². The number of aliphatic hydroxyl groups is 1. The van der Waals surface area contributed by atoms with Gasteiger partial charge in [-0.3, -0.25) is 15.1 Å². The number of pyridine rings is 1. The number of hydrogen-bond acceptors (Lipinski definition) is 7. The highest BCUT2D eigenvalue weighted by atomic mass is 35.5. The molecule has 1 heterocycles. The zero-order valence-electron chi connectivity index (χ0n) is 19.1. The van der Waals surface area contributed by atoms with E-state index >= 15 is 0 Å². The van der Waals surface area contributed by atoms with Gasteiger partial charge in [-0.15, -0.1) is 0 Å². The first-order chi connectivity index (χ1) is 16.9. The molecular formula is C24H27ClFN5O4. The van der Waals surface area contributed by atoms with Gasteiger partial charge in [0.15, 0.2) is 0 Å². The van der Waals surface area contributed by atoms with Crippen LogP contribution in [0.25, 0.3) is 10.8 Å². The van der Waals surface area contributed by atoms with E-state index in [1.54, 1.807) is 18.3 Å². The van der Waals surface area contributed by atoms with Gasteiger partial charge in [0.1, 0.15) is 18.2 Å². The quantitative estimate of drug-likeness (QED) is 0.235. The van der Waals surface area contributed by atoms with E-state index in [0.29, 0.717) is 11.4 Å². The van der Waals surface area contributed by atoms with Crippen LogP contribution in [0, 0.1) is 5.82 Å². The number of carbonyl (C=O) groups is 2. The van der Waals surface area contributed by atoms with Crippen LogP contribution in [0.15, 0.2) is 54.7 Å². The summed E-state index contributed by atoms with van der Waals surface area (Å²) >= 11 is 6.01. The predicted octanol–water partition coefficient (Wildman–Crippen LogP) is 3.08. The van der Waals surface area contributed by atoms with Crippen LogP contribution in [-0.2, 0) is 16.1 Å². The van der Waals surface area contributed by atoms with Gasteiger partial charge in [0.05, 0.1) is 17.7 Å². The molecule has 3 rings (SSSR count). The van der Waals surface area contributed by atoms with Crippen LogP contribution >= 0.6 is 11.6 Å². The number of benzene rings is 2. The maximum absolute atomic E-state index is 13.8. The summed E-state index contributed by atoms with van der Waals surface area (Å²) in [7, 11) is 0. The Morgan fingerprint density at radius 1 is 1.20 bits per heavy atom. The summed E-state index contributed by atoms with van der Waals surface area (Å²) in [6, 6.07) is 13.1. The van der Waals surface area contributed by atoms with Crippen molar-refractivity contribution in [1.29, 1.82) is 0 Å². The van der Waals surface area contributed by atoms with E-state index in [9.17, 15) is 14.0 Å². The van der Waals surface area contributed by atoms with Crippen molar-refractivity contribution >= 4 is 40.2 Å². The Morgan fingerprint density at radius 2 is 1.97 bits per heavy atom. The van der Waals surface area contributed by atoms with Crippen LogP contribution in [0.4, 0.5) is 15.0 Å². The molecule has 4 N–H and O–H groups in total. The summed E-state index contributed by atoms with van der Waals surface area (Å²) in [5, 5.41) is 17.7. The van der Waals surface area contributed by atoms with Crippen LogP contribution in [0.2, 0.25) is 5.02 Å². The summed E-state index contributed by atoms with van der Waals surface area (Å²) in [5.41, 5.74) is 3.39. The van der Waals surface area contributed by atoms with Crippen molar-refractivity contribution in [3.05, 3.63) is 71.1 Å². The van der Waals surface area contributed by atoms with E-state index in [4.69, 9.17) is 21.4 Å². The van der Waals surface area contributed by atoms with Gasteiger partial charge in [-0.1, -0.05) is 48.0 Å².